The van der Waals surface area contributed by atoms with Crippen LogP contribution < -0.4 is 0 Å². The number of carbonyl (C=O) groups is 1. The van der Waals surface area contributed by atoms with Crippen LogP contribution in [0.2, 0.25) is 5.02 Å². The van der Waals surface area contributed by atoms with Crippen molar-refractivity contribution in [3.05, 3.63) is 34.9 Å². The van der Waals surface area contributed by atoms with Crippen molar-refractivity contribution in [2.45, 2.75) is 25.0 Å². The van der Waals surface area contributed by atoms with Crippen molar-refractivity contribution in [2.75, 3.05) is 5.75 Å². The van der Waals surface area contributed by atoms with Crippen molar-refractivity contribution >= 4 is 29.3 Å². The van der Waals surface area contributed by atoms with E-state index >= 15 is 0 Å². The molecular formula is C13H15ClO2S. The summed E-state index contributed by atoms with van der Waals surface area (Å²) in [5.74, 6) is 1.10. The normalized spacial score (nSPS) is 16.8. The maximum atomic E-state index is 10.7. The van der Waals surface area contributed by atoms with Gasteiger partial charge in [-0.3, -0.25) is 4.79 Å². The zero-order valence-electron chi connectivity index (χ0n) is 9.49. The number of carboxylic acids is 1. The van der Waals surface area contributed by atoms with Crippen molar-refractivity contribution in [1.82, 2.24) is 0 Å². The van der Waals surface area contributed by atoms with Gasteiger partial charge in [-0.2, -0.15) is 11.8 Å². The fourth-order valence-corrected chi connectivity index (χ4v) is 3.54. The molecule has 1 aromatic rings. The quantitative estimate of drug-likeness (QED) is 0.854. The third-order valence-corrected chi connectivity index (χ3v) is 4.81. The van der Waals surface area contributed by atoms with Crippen molar-refractivity contribution in [1.29, 1.82) is 0 Å². The lowest BCUT2D eigenvalue weighted by Crippen LogP contribution is -2.11. The standard InChI is InChI=1S/C13H15ClO2S/c14-11-4-2-1-3-10(11)8-17-9-13(5-6-13)7-12(15)16/h1-4H,5-9H2,(H,15,16). The Kier molecular flexibility index (Phi) is 4.00. The molecule has 2 nitrogen and oxygen atoms in total. The molecule has 4 heteroatoms. The minimum Gasteiger partial charge on any atom is -0.481 e. The SMILES string of the molecule is O=C(O)CC1(CSCc2ccccc2Cl)CC1. The van der Waals surface area contributed by atoms with Gasteiger partial charge in [-0.15, -0.1) is 0 Å². The third kappa shape index (κ3) is 3.65. The highest BCUT2D eigenvalue weighted by Gasteiger charge is 2.43. The minimum absolute atomic E-state index is 0.0672. The lowest BCUT2D eigenvalue weighted by molar-refractivity contribution is -0.138. The second-order valence-electron chi connectivity index (χ2n) is 4.65. The molecule has 2 rings (SSSR count). The molecule has 0 amide bonds. The Balaban J connectivity index is 1.80. The Hall–Kier alpha value is -0.670. The first-order chi connectivity index (χ1) is 8.11. The van der Waals surface area contributed by atoms with E-state index in [9.17, 15) is 4.79 Å². The van der Waals surface area contributed by atoms with E-state index in [2.05, 4.69) is 0 Å². The molecule has 1 aliphatic rings. The van der Waals surface area contributed by atoms with Crippen LogP contribution in [0, 0.1) is 5.41 Å². The average molecular weight is 271 g/mol. The summed E-state index contributed by atoms with van der Waals surface area (Å²) in [7, 11) is 0. The minimum atomic E-state index is -0.680. The first-order valence-corrected chi connectivity index (χ1v) is 7.18. The van der Waals surface area contributed by atoms with Crippen LogP contribution >= 0.6 is 23.4 Å². The van der Waals surface area contributed by atoms with Gasteiger partial charge < -0.3 is 5.11 Å². The smallest absolute Gasteiger partial charge is 0.303 e. The summed E-state index contributed by atoms with van der Waals surface area (Å²) < 4.78 is 0. The van der Waals surface area contributed by atoms with Gasteiger partial charge in [-0.1, -0.05) is 29.8 Å². The van der Waals surface area contributed by atoms with E-state index < -0.39 is 5.97 Å². The first-order valence-electron chi connectivity index (χ1n) is 5.64. The molecule has 1 aromatic carbocycles. The van der Waals surface area contributed by atoms with Crippen molar-refractivity contribution in [2.24, 2.45) is 5.41 Å². The molecule has 17 heavy (non-hydrogen) atoms. The molecule has 1 saturated carbocycles. The van der Waals surface area contributed by atoms with E-state index in [1.54, 1.807) is 11.8 Å². The van der Waals surface area contributed by atoms with E-state index in [1.807, 2.05) is 24.3 Å². The highest BCUT2D eigenvalue weighted by molar-refractivity contribution is 7.98. The predicted octanol–water partition coefficient (Wildman–Crippen LogP) is 3.83. The number of halogens is 1. The van der Waals surface area contributed by atoms with Gasteiger partial charge in [0.05, 0.1) is 6.42 Å². The molecule has 0 atom stereocenters. The lowest BCUT2D eigenvalue weighted by Gasteiger charge is -2.12. The van der Waals surface area contributed by atoms with Crippen LogP contribution in [-0.4, -0.2) is 16.8 Å². The summed E-state index contributed by atoms with van der Waals surface area (Å²) in [6.45, 7) is 0. The van der Waals surface area contributed by atoms with Crippen LogP contribution in [0.5, 0.6) is 0 Å². The van der Waals surface area contributed by atoms with Crippen molar-refractivity contribution < 1.29 is 9.90 Å². The highest BCUT2D eigenvalue weighted by Crippen LogP contribution is 2.51. The Labute approximate surface area is 110 Å². The summed E-state index contributed by atoms with van der Waals surface area (Å²) in [6, 6.07) is 7.81. The van der Waals surface area contributed by atoms with Crippen molar-refractivity contribution in [3.8, 4) is 0 Å². The molecule has 0 spiro atoms. The summed E-state index contributed by atoms with van der Waals surface area (Å²) >= 11 is 7.85. The molecule has 1 N–H and O–H groups in total. The summed E-state index contributed by atoms with van der Waals surface area (Å²) in [5.41, 5.74) is 1.20. The second-order valence-corrected chi connectivity index (χ2v) is 6.05. The van der Waals surface area contributed by atoms with E-state index in [1.165, 1.54) is 0 Å². The maximum absolute atomic E-state index is 10.7. The van der Waals surface area contributed by atoms with Gasteiger partial charge >= 0.3 is 5.97 Å². The van der Waals surface area contributed by atoms with Gasteiger partial charge in [-0.05, 0) is 35.6 Å². The van der Waals surface area contributed by atoms with Crippen LogP contribution in [0.4, 0.5) is 0 Å². The van der Waals surface area contributed by atoms with Gasteiger partial charge in [0, 0.05) is 10.8 Å². The van der Waals surface area contributed by atoms with Gasteiger partial charge in [0.15, 0.2) is 0 Å². The van der Waals surface area contributed by atoms with E-state index in [4.69, 9.17) is 16.7 Å². The van der Waals surface area contributed by atoms with E-state index in [0.29, 0.717) is 6.42 Å². The molecule has 92 valence electrons. The number of benzene rings is 1. The Morgan fingerprint density at radius 2 is 2.12 bits per heavy atom. The summed E-state index contributed by atoms with van der Waals surface area (Å²) in [5, 5.41) is 9.61. The van der Waals surface area contributed by atoms with Crippen LogP contribution in [0.1, 0.15) is 24.8 Å². The molecule has 0 unspecified atom stereocenters. The summed E-state index contributed by atoms with van der Waals surface area (Å²) in [6.07, 6.45) is 2.41. The molecule has 1 fully saturated rings. The molecule has 0 bridgehead atoms. The molecular weight excluding hydrogens is 256 g/mol. The second kappa shape index (κ2) is 5.32. The fraction of sp³-hybridized carbons (Fsp3) is 0.462. The molecule has 0 aromatic heterocycles. The lowest BCUT2D eigenvalue weighted by atomic mass is 10.1. The molecule has 0 aliphatic heterocycles. The number of carboxylic acid groups (broad SMARTS) is 1. The van der Waals surface area contributed by atoms with Gasteiger partial charge in [-0.25, -0.2) is 0 Å². The van der Waals surface area contributed by atoms with Gasteiger partial charge in [0.25, 0.3) is 0 Å². The van der Waals surface area contributed by atoms with Crippen molar-refractivity contribution in [3.63, 3.8) is 0 Å². The monoisotopic (exact) mass is 270 g/mol. The number of hydrogen-bond acceptors (Lipinski definition) is 2. The van der Waals surface area contributed by atoms with Gasteiger partial charge in [0.1, 0.15) is 0 Å². The van der Waals surface area contributed by atoms with Crippen LogP contribution in [0.25, 0.3) is 0 Å². The van der Waals surface area contributed by atoms with E-state index in [-0.39, 0.29) is 5.41 Å². The van der Waals surface area contributed by atoms with Crippen LogP contribution in [0.15, 0.2) is 24.3 Å². The molecule has 1 aliphatic carbocycles. The van der Waals surface area contributed by atoms with Gasteiger partial charge in [0.2, 0.25) is 0 Å². The molecule has 0 heterocycles. The Bertz CT molecular complexity index is 416. The Morgan fingerprint density at radius 3 is 2.71 bits per heavy atom. The Morgan fingerprint density at radius 1 is 1.41 bits per heavy atom. The first kappa shape index (κ1) is 12.8. The van der Waals surface area contributed by atoms with Crippen LogP contribution in [0.3, 0.4) is 0 Å². The van der Waals surface area contributed by atoms with E-state index in [0.717, 1.165) is 34.9 Å². The largest absolute Gasteiger partial charge is 0.481 e. The fourth-order valence-electron chi connectivity index (χ4n) is 1.86. The summed E-state index contributed by atoms with van der Waals surface area (Å²) in [4.78, 5) is 10.7. The maximum Gasteiger partial charge on any atom is 0.303 e. The highest BCUT2D eigenvalue weighted by atomic mass is 35.5. The number of rotatable bonds is 6. The topological polar surface area (TPSA) is 37.3 Å². The number of thioether (sulfide) groups is 1. The average Bonchev–Trinajstić information content (AvgIpc) is 3.00. The molecule has 0 radical (unpaired) electrons. The number of hydrogen-bond donors (Lipinski definition) is 1. The molecule has 0 saturated heterocycles. The number of aliphatic carboxylic acids is 1. The predicted molar refractivity (Wildman–Crippen MR) is 71.5 cm³/mol. The zero-order valence-corrected chi connectivity index (χ0v) is 11.1. The third-order valence-electron chi connectivity index (χ3n) is 3.11. The zero-order chi connectivity index (χ0) is 12.3. The van der Waals surface area contributed by atoms with Crippen LogP contribution in [-0.2, 0) is 10.5 Å².